The average molecular weight is 377 g/mol. The number of nitrogens with two attached hydrogens (primary N) is 1. The third-order valence-electron chi connectivity index (χ3n) is 2.81. The Bertz CT molecular complexity index is 884. The number of carboxylic acids is 1. The van der Waals surface area contributed by atoms with Crippen LogP contribution in [-0.4, -0.2) is 40.2 Å². The molecule has 9 nitrogen and oxygen atoms in total. The van der Waals surface area contributed by atoms with Crippen molar-refractivity contribution in [3.63, 3.8) is 0 Å². The van der Waals surface area contributed by atoms with Crippen LogP contribution in [0.3, 0.4) is 0 Å². The fourth-order valence-electron chi connectivity index (χ4n) is 1.72. The summed E-state index contributed by atoms with van der Waals surface area (Å²) < 4.78 is 42.7. The molecule has 1 heterocycles. The molecule has 12 heteroatoms. The number of ether oxygens (including phenoxy) is 1. The first-order valence-electron chi connectivity index (χ1n) is 6.90. The number of carboxylic acid groups (broad SMARTS) is 1. The number of rotatable bonds is 4. The van der Waals surface area contributed by atoms with Crippen molar-refractivity contribution in [1.82, 2.24) is 4.57 Å². The number of nitrogens with zero attached hydrogens (tertiary/aromatic N) is 1. The summed E-state index contributed by atoms with van der Waals surface area (Å²) in [5.74, 6) is -4.06. The van der Waals surface area contributed by atoms with E-state index in [0.717, 1.165) is 4.57 Å². The molecule has 0 atom stereocenters. The molecule has 0 saturated carbocycles. The number of fused-ring (bicyclic) bond motifs is 1. The maximum Gasteiger partial charge on any atom is 0.490 e. The van der Waals surface area contributed by atoms with Crippen LogP contribution in [0.2, 0.25) is 0 Å². The van der Waals surface area contributed by atoms with Crippen LogP contribution in [0.15, 0.2) is 27.4 Å². The lowest BCUT2D eigenvalue weighted by Gasteiger charge is -2.03. The number of carbonyl (C=O) groups is 2. The van der Waals surface area contributed by atoms with Crippen LogP contribution in [0, 0.1) is 5.41 Å². The van der Waals surface area contributed by atoms with Gasteiger partial charge in [-0.15, -0.1) is 0 Å². The summed E-state index contributed by atoms with van der Waals surface area (Å²) in [5.41, 5.74) is 6.57. The summed E-state index contributed by atoms with van der Waals surface area (Å²) in [6, 6.07) is 4.64. The van der Waals surface area contributed by atoms with E-state index in [1.807, 2.05) is 0 Å². The predicted molar refractivity (Wildman–Crippen MR) is 81.8 cm³/mol. The van der Waals surface area contributed by atoms with E-state index >= 15 is 0 Å². The summed E-state index contributed by atoms with van der Waals surface area (Å²) >= 11 is 0. The van der Waals surface area contributed by atoms with Gasteiger partial charge >= 0.3 is 23.9 Å². The van der Waals surface area contributed by atoms with Gasteiger partial charge in [0, 0.05) is 5.56 Å². The lowest BCUT2D eigenvalue weighted by Crippen LogP contribution is -2.21. The number of hydrogen-bond acceptors (Lipinski definition) is 6. The molecule has 1 aromatic heterocycles. The molecule has 2 rings (SSSR count). The van der Waals surface area contributed by atoms with E-state index in [2.05, 4.69) is 0 Å². The molecule has 0 radical (unpaired) electrons. The number of nitrogen functional groups attached to an aromatic ring is 1. The van der Waals surface area contributed by atoms with Crippen molar-refractivity contribution in [2.75, 3.05) is 6.61 Å². The van der Waals surface area contributed by atoms with Gasteiger partial charge in [0.1, 0.15) is 12.4 Å². The Morgan fingerprint density at radius 1 is 1.38 bits per heavy atom. The third-order valence-corrected chi connectivity index (χ3v) is 2.81. The van der Waals surface area contributed by atoms with Gasteiger partial charge < -0.3 is 20.0 Å². The quantitative estimate of drug-likeness (QED) is 0.410. The molecule has 0 unspecified atom stereocenters. The molecule has 4 N–H and O–H groups in total. The number of aliphatic carboxylic acids is 1. The van der Waals surface area contributed by atoms with Crippen molar-refractivity contribution >= 4 is 28.9 Å². The summed E-state index contributed by atoms with van der Waals surface area (Å²) in [6.07, 6.45) is -5.08. The first-order valence-corrected chi connectivity index (χ1v) is 6.90. The molecule has 26 heavy (non-hydrogen) atoms. The van der Waals surface area contributed by atoms with E-state index < -0.39 is 23.9 Å². The number of amidine groups is 1. The smallest absolute Gasteiger partial charge is 0.475 e. The monoisotopic (exact) mass is 377 g/mol. The van der Waals surface area contributed by atoms with Crippen LogP contribution in [0.1, 0.15) is 12.5 Å². The number of oxazole rings is 1. The van der Waals surface area contributed by atoms with Gasteiger partial charge in [-0.1, -0.05) is 0 Å². The Morgan fingerprint density at radius 3 is 2.42 bits per heavy atom. The van der Waals surface area contributed by atoms with Crippen LogP contribution < -0.4 is 11.5 Å². The zero-order valence-electron chi connectivity index (χ0n) is 13.3. The van der Waals surface area contributed by atoms with Gasteiger partial charge in [0.15, 0.2) is 5.58 Å². The van der Waals surface area contributed by atoms with Crippen LogP contribution in [0.25, 0.3) is 11.1 Å². The number of halogens is 3. The second-order valence-electron chi connectivity index (χ2n) is 4.66. The van der Waals surface area contributed by atoms with Crippen molar-refractivity contribution in [3.8, 4) is 0 Å². The summed E-state index contributed by atoms with van der Waals surface area (Å²) in [6.45, 7) is 1.69. The third kappa shape index (κ3) is 5.36. The number of esters is 1. The highest BCUT2D eigenvalue weighted by atomic mass is 19.4. The van der Waals surface area contributed by atoms with Crippen molar-refractivity contribution in [2.45, 2.75) is 19.6 Å². The molecule has 2 aromatic rings. The van der Waals surface area contributed by atoms with Crippen LogP contribution in [0.5, 0.6) is 0 Å². The van der Waals surface area contributed by atoms with Crippen molar-refractivity contribution in [3.05, 3.63) is 34.3 Å². The summed E-state index contributed by atoms with van der Waals surface area (Å²) in [5, 5.41) is 14.5. The minimum absolute atomic E-state index is 0.127. The second kappa shape index (κ2) is 8.18. The van der Waals surface area contributed by atoms with Crippen molar-refractivity contribution in [1.29, 1.82) is 5.41 Å². The number of benzene rings is 1. The molecule has 0 aliphatic heterocycles. The van der Waals surface area contributed by atoms with Crippen molar-refractivity contribution < 1.29 is 37.0 Å². The minimum atomic E-state index is -5.08. The molecule has 142 valence electrons. The van der Waals surface area contributed by atoms with Crippen LogP contribution >= 0.6 is 0 Å². The number of carbonyl (C=O) groups excluding carboxylic acids is 1. The van der Waals surface area contributed by atoms with Gasteiger partial charge in [-0.25, -0.2) is 9.59 Å². The van der Waals surface area contributed by atoms with Crippen molar-refractivity contribution in [2.24, 2.45) is 5.73 Å². The molecular weight excluding hydrogens is 363 g/mol. The number of hydrogen-bond donors (Lipinski definition) is 3. The van der Waals surface area contributed by atoms with E-state index in [-0.39, 0.29) is 19.0 Å². The Hall–Kier alpha value is -3.31. The minimum Gasteiger partial charge on any atom is -0.475 e. The maximum atomic E-state index is 11.7. The van der Waals surface area contributed by atoms with Gasteiger partial charge in [0.05, 0.1) is 12.1 Å². The molecule has 0 aliphatic rings. The van der Waals surface area contributed by atoms with E-state index in [0.29, 0.717) is 16.7 Å². The molecule has 0 aliphatic carbocycles. The van der Waals surface area contributed by atoms with Crippen LogP contribution in [0.4, 0.5) is 13.2 Å². The second-order valence-corrected chi connectivity index (χ2v) is 4.66. The molecular formula is C14H14F3N3O6. The standard InChI is InChI=1S/C12H13N3O4.C2HF3O2/c1-2-18-10(16)6-15-8-5-7(11(13)14)3-4-9(8)19-12(15)17;3-2(4,5)1(6)7/h3-5H,2,6H2,1H3,(H3,13,14);(H,6,7). The van der Waals surface area contributed by atoms with Gasteiger partial charge in [-0.2, -0.15) is 13.2 Å². The Balaban J connectivity index is 0.000000412. The fourth-order valence-corrected chi connectivity index (χ4v) is 1.72. The average Bonchev–Trinajstić information content (AvgIpc) is 2.82. The molecule has 0 amide bonds. The molecule has 1 aromatic carbocycles. The Kier molecular flexibility index (Phi) is 6.52. The van der Waals surface area contributed by atoms with Gasteiger partial charge in [0.2, 0.25) is 0 Å². The highest BCUT2D eigenvalue weighted by Crippen LogP contribution is 2.15. The highest BCUT2D eigenvalue weighted by Gasteiger charge is 2.38. The van der Waals surface area contributed by atoms with E-state index in [4.69, 9.17) is 30.2 Å². The largest absolute Gasteiger partial charge is 0.490 e. The Morgan fingerprint density at radius 2 is 1.96 bits per heavy atom. The topological polar surface area (TPSA) is 149 Å². The normalized spacial score (nSPS) is 10.8. The fraction of sp³-hybridized carbons (Fsp3) is 0.286. The zero-order valence-corrected chi connectivity index (χ0v) is 13.3. The molecule has 0 bridgehead atoms. The first kappa shape index (κ1) is 20.7. The predicted octanol–water partition coefficient (Wildman–Crippen LogP) is 1.07. The van der Waals surface area contributed by atoms with Gasteiger partial charge in [0.25, 0.3) is 0 Å². The number of aromatic nitrogens is 1. The zero-order chi connectivity index (χ0) is 20.1. The summed E-state index contributed by atoms with van der Waals surface area (Å²) in [7, 11) is 0. The molecule has 0 saturated heterocycles. The van der Waals surface area contributed by atoms with Gasteiger partial charge in [-0.3, -0.25) is 14.8 Å². The SMILES string of the molecule is CCOC(=O)Cn1c(=O)oc2ccc(C(=N)N)cc21.O=C(O)C(F)(F)F. The summed E-state index contributed by atoms with van der Waals surface area (Å²) in [4.78, 5) is 32.0. The van der Waals surface area contributed by atoms with Crippen LogP contribution in [-0.2, 0) is 20.9 Å². The molecule has 0 spiro atoms. The number of alkyl halides is 3. The van der Waals surface area contributed by atoms with E-state index in [1.165, 1.54) is 12.1 Å². The first-order chi connectivity index (χ1) is 12.0. The van der Waals surface area contributed by atoms with Gasteiger partial charge in [-0.05, 0) is 25.1 Å². The van der Waals surface area contributed by atoms with E-state index in [9.17, 15) is 22.8 Å². The van der Waals surface area contributed by atoms with E-state index in [1.54, 1.807) is 13.0 Å². The number of nitrogens with one attached hydrogen (secondary N) is 1. The Labute approximate surface area is 143 Å². The lowest BCUT2D eigenvalue weighted by atomic mass is 10.2. The highest BCUT2D eigenvalue weighted by molar-refractivity contribution is 5.97. The lowest BCUT2D eigenvalue weighted by molar-refractivity contribution is -0.192. The maximum absolute atomic E-state index is 11.7. The molecule has 0 fully saturated rings.